The van der Waals surface area contributed by atoms with E-state index in [4.69, 9.17) is 0 Å². The Kier molecular flexibility index (Phi) is 3.11. The average Bonchev–Trinajstić information content (AvgIpc) is 2.47. The average molecular weight is 249 g/mol. The summed E-state index contributed by atoms with van der Waals surface area (Å²) in [6.07, 6.45) is 3.69. The highest BCUT2D eigenvalue weighted by molar-refractivity contribution is 5.81. The third-order valence-electron chi connectivity index (χ3n) is 3.09. The van der Waals surface area contributed by atoms with Crippen LogP contribution in [0.15, 0.2) is 54.9 Å². The number of pyridine rings is 2. The van der Waals surface area contributed by atoms with E-state index >= 15 is 0 Å². The van der Waals surface area contributed by atoms with Crippen molar-refractivity contribution < 1.29 is 0 Å². The van der Waals surface area contributed by atoms with Crippen LogP contribution in [0, 0.1) is 6.92 Å². The third-order valence-corrected chi connectivity index (χ3v) is 3.09. The van der Waals surface area contributed by atoms with E-state index < -0.39 is 0 Å². The molecule has 1 aromatic carbocycles. The number of para-hydroxylation sites is 1. The zero-order chi connectivity index (χ0) is 13.1. The van der Waals surface area contributed by atoms with Crippen LogP contribution in [0.2, 0.25) is 0 Å². The number of aromatic nitrogens is 2. The molecule has 1 N–H and O–H groups in total. The van der Waals surface area contributed by atoms with Gasteiger partial charge in [0.15, 0.2) is 0 Å². The summed E-state index contributed by atoms with van der Waals surface area (Å²) in [6, 6.07) is 14.3. The van der Waals surface area contributed by atoms with Gasteiger partial charge in [-0.25, -0.2) is 4.98 Å². The molecule has 2 heterocycles. The molecule has 2 aromatic heterocycles. The molecular weight excluding hydrogens is 234 g/mol. The highest BCUT2D eigenvalue weighted by atomic mass is 15.0. The summed E-state index contributed by atoms with van der Waals surface area (Å²) < 4.78 is 0. The molecule has 94 valence electrons. The molecule has 19 heavy (non-hydrogen) atoms. The van der Waals surface area contributed by atoms with Gasteiger partial charge >= 0.3 is 0 Å². The van der Waals surface area contributed by atoms with E-state index in [1.807, 2.05) is 31.5 Å². The number of anilines is 1. The highest BCUT2D eigenvalue weighted by Crippen LogP contribution is 2.17. The zero-order valence-electron chi connectivity index (χ0n) is 10.8. The number of nitrogens with zero attached hydrogens (tertiary/aromatic N) is 2. The molecule has 0 radical (unpaired) electrons. The van der Waals surface area contributed by atoms with Gasteiger partial charge in [-0.15, -0.1) is 0 Å². The van der Waals surface area contributed by atoms with Gasteiger partial charge in [-0.3, -0.25) is 4.98 Å². The number of hydrogen-bond donors (Lipinski definition) is 1. The van der Waals surface area contributed by atoms with Crippen molar-refractivity contribution >= 4 is 16.7 Å². The lowest BCUT2D eigenvalue weighted by molar-refractivity contribution is 1.11. The van der Waals surface area contributed by atoms with Crippen molar-refractivity contribution in [3.8, 4) is 0 Å². The number of hydrogen-bond acceptors (Lipinski definition) is 3. The predicted octanol–water partition coefficient (Wildman–Crippen LogP) is 3.55. The lowest BCUT2D eigenvalue weighted by Crippen LogP contribution is -2.02. The fraction of sp³-hybridized carbons (Fsp3) is 0.125. The molecule has 0 fully saturated rings. The molecule has 0 aliphatic rings. The van der Waals surface area contributed by atoms with E-state index in [0.717, 1.165) is 23.4 Å². The number of aryl methyl sites for hydroxylation is 1. The Morgan fingerprint density at radius 3 is 2.74 bits per heavy atom. The van der Waals surface area contributed by atoms with Crippen molar-refractivity contribution in [1.82, 2.24) is 9.97 Å². The summed E-state index contributed by atoms with van der Waals surface area (Å²) in [7, 11) is 0. The minimum Gasteiger partial charge on any atom is -0.366 e. The first-order chi connectivity index (χ1) is 9.33. The molecular formula is C16H15N3. The van der Waals surface area contributed by atoms with E-state index in [1.54, 1.807) is 0 Å². The molecule has 0 spiro atoms. The van der Waals surface area contributed by atoms with Crippen LogP contribution in [-0.4, -0.2) is 9.97 Å². The molecule has 0 aliphatic carbocycles. The molecule has 0 aliphatic heterocycles. The van der Waals surface area contributed by atoms with Crippen molar-refractivity contribution in [3.63, 3.8) is 0 Å². The Morgan fingerprint density at radius 2 is 1.89 bits per heavy atom. The largest absolute Gasteiger partial charge is 0.366 e. The van der Waals surface area contributed by atoms with Crippen molar-refractivity contribution in [3.05, 3.63) is 66.0 Å². The Labute approximate surface area is 112 Å². The fourth-order valence-electron chi connectivity index (χ4n) is 2.07. The second-order valence-corrected chi connectivity index (χ2v) is 4.57. The molecule has 0 saturated heterocycles. The molecule has 0 saturated carbocycles. The van der Waals surface area contributed by atoms with Gasteiger partial charge in [0.05, 0.1) is 5.52 Å². The summed E-state index contributed by atoms with van der Waals surface area (Å²) in [4.78, 5) is 8.79. The van der Waals surface area contributed by atoms with Gasteiger partial charge in [0.25, 0.3) is 0 Å². The van der Waals surface area contributed by atoms with Crippen molar-refractivity contribution in [2.75, 3.05) is 5.32 Å². The Bertz CT molecular complexity index is 684. The molecule has 0 atom stereocenters. The van der Waals surface area contributed by atoms with Crippen LogP contribution < -0.4 is 5.32 Å². The van der Waals surface area contributed by atoms with E-state index in [0.29, 0.717) is 0 Å². The van der Waals surface area contributed by atoms with E-state index in [9.17, 15) is 0 Å². The van der Waals surface area contributed by atoms with Gasteiger partial charge in [0.2, 0.25) is 0 Å². The first-order valence-electron chi connectivity index (χ1n) is 6.32. The number of benzene rings is 1. The van der Waals surface area contributed by atoms with Crippen LogP contribution in [-0.2, 0) is 6.54 Å². The van der Waals surface area contributed by atoms with Gasteiger partial charge in [-0.2, -0.15) is 0 Å². The van der Waals surface area contributed by atoms with Gasteiger partial charge in [-0.05, 0) is 30.2 Å². The molecule has 0 amide bonds. The maximum Gasteiger partial charge on any atom is 0.126 e. The van der Waals surface area contributed by atoms with Crippen LogP contribution in [0.4, 0.5) is 5.82 Å². The van der Waals surface area contributed by atoms with Crippen LogP contribution in [0.3, 0.4) is 0 Å². The van der Waals surface area contributed by atoms with Crippen LogP contribution in [0.1, 0.15) is 11.1 Å². The zero-order valence-corrected chi connectivity index (χ0v) is 10.8. The molecule has 0 unspecified atom stereocenters. The first-order valence-corrected chi connectivity index (χ1v) is 6.32. The standard InChI is InChI=1S/C16H15N3/c1-12-7-8-15(18-10-12)19-11-14-5-2-4-13-6-3-9-17-16(13)14/h2-10H,11H2,1H3,(H,18,19). The number of rotatable bonds is 3. The Balaban J connectivity index is 1.84. The van der Waals surface area contributed by atoms with Crippen LogP contribution >= 0.6 is 0 Å². The SMILES string of the molecule is Cc1ccc(NCc2cccc3cccnc23)nc1. The molecule has 3 rings (SSSR count). The predicted molar refractivity (Wildman–Crippen MR) is 78.0 cm³/mol. The molecule has 0 bridgehead atoms. The quantitative estimate of drug-likeness (QED) is 0.771. The van der Waals surface area contributed by atoms with Crippen LogP contribution in [0.25, 0.3) is 10.9 Å². The third kappa shape index (κ3) is 2.55. The minimum atomic E-state index is 0.727. The van der Waals surface area contributed by atoms with E-state index in [-0.39, 0.29) is 0 Å². The topological polar surface area (TPSA) is 37.8 Å². The first kappa shape index (κ1) is 11.7. The van der Waals surface area contributed by atoms with Crippen LogP contribution in [0.5, 0.6) is 0 Å². The maximum absolute atomic E-state index is 4.45. The second kappa shape index (κ2) is 5.06. The van der Waals surface area contributed by atoms with Crippen molar-refractivity contribution in [1.29, 1.82) is 0 Å². The lowest BCUT2D eigenvalue weighted by Gasteiger charge is -2.08. The van der Waals surface area contributed by atoms with Crippen molar-refractivity contribution in [2.45, 2.75) is 13.5 Å². The summed E-state index contributed by atoms with van der Waals surface area (Å²) in [5.41, 5.74) is 3.39. The summed E-state index contributed by atoms with van der Waals surface area (Å²) in [5.74, 6) is 0.888. The van der Waals surface area contributed by atoms with E-state index in [1.165, 1.54) is 10.9 Å². The van der Waals surface area contributed by atoms with Gasteiger partial charge in [0, 0.05) is 24.3 Å². The molecule has 3 heteroatoms. The minimum absolute atomic E-state index is 0.727. The summed E-state index contributed by atoms with van der Waals surface area (Å²) >= 11 is 0. The fourth-order valence-corrected chi connectivity index (χ4v) is 2.07. The van der Waals surface area contributed by atoms with Gasteiger partial charge < -0.3 is 5.32 Å². The van der Waals surface area contributed by atoms with Crippen molar-refractivity contribution in [2.24, 2.45) is 0 Å². The smallest absolute Gasteiger partial charge is 0.126 e. The van der Waals surface area contributed by atoms with Gasteiger partial charge in [0.1, 0.15) is 5.82 Å². The second-order valence-electron chi connectivity index (χ2n) is 4.57. The summed E-state index contributed by atoms with van der Waals surface area (Å²) in [6.45, 7) is 2.76. The number of fused-ring (bicyclic) bond motifs is 1. The molecule has 3 aromatic rings. The van der Waals surface area contributed by atoms with Gasteiger partial charge in [-0.1, -0.05) is 30.3 Å². The number of nitrogens with one attached hydrogen (secondary N) is 1. The lowest BCUT2D eigenvalue weighted by atomic mass is 10.1. The Morgan fingerprint density at radius 1 is 1.00 bits per heavy atom. The van der Waals surface area contributed by atoms with E-state index in [2.05, 4.69) is 45.6 Å². The normalized spacial score (nSPS) is 10.6. The maximum atomic E-state index is 4.45. The highest BCUT2D eigenvalue weighted by Gasteiger charge is 2.01. The monoisotopic (exact) mass is 249 g/mol. The summed E-state index contributed by atoms with van der Waals surface area (Å²) in [5, 5.41) is 4.49. The Hall–Kier alpha value is -2.42. The molecule has 3 nitrogen and oxygen atoms in total.